The third-order valence-electron chi connectivity index (χ3n) is 5.71. The second-order valence-corrected chi connectivity index (χ2v) is 7.26. The second kappa shape index (κ2) is 7.08. The summed E-state index contributed by atoms with van der Waals surface area (Å²) in [6, 6.07) is 0.731. The fourth-order valence-electron chi connectivity index (χ4n) is 4.22. The van der Waals surface area contributed by atoms with Gasteiger partial charge in [0.05, 0.1) is 0 Å². The van der Waals surface area contributed by atoms with Gasteiger partial charge >= 0.3 is 0 Å². The molecule has 2 heteroatoms. The Bertz CT molecular complexity index is 262. The van der Waals surface area contributed by atoms with Gasteiger partial charge in [-0.2, -0.15) is 0 Å². The van der Waals surface area contributed by atoms with Crippen molar-refractivity contribution in [1.82, 2.24) is 10.2 Å². The van der Waals surface area contributed by atoms with Gasteiger partial charge in [-0.3, -0.25) is 0 Å². The van der Waals surface area contributed by atoms with E-state index in [0.29, 0.717) is 0 Å². The molecule has 0 aromatic carbocycles. The Morgan fingerprint density at radius 3 is 2.37 bits per heavy atom. The molecule has 112 valence electrons. The molecule has 2 aliphatic rings. The molecular formula is C17H34N2. The number of rotatable bonds is 6. The van der Waals surface area contributed by atoms with Crippen LogP contribution >= 0.6 is 0 Å². The smallest absolute Gasteiger partial charge is 0.0110 e. The summed E-state index contributed by atoms with van der Waals surface area (Å²) in [4.78, 5) is 2.73. The largest absolute Gasteiger partial charge is 0.317 e. The number of nitrogens with one attached hydrogen (secondary N) is 1. The van der Waals surface area contributed by atoms with Crippen LogP contribution in [-0.4, -0.2) is 37.6 Å². The van der Waals surface area contributed by atoms with Gasteiger partial charge in [-0.1, -0.05) is 27.2 Å². The molecule has 0 amide bonds. The summed E-state index contributed by atoms with van der Waals surface area (Å²) < 4.78 is 0. The van der Waals surface area contributed by atoms with Crippen LogP contribution in [0.1, 0.15) is 52.9 Å². The standard InChI is InChI=1S/C17H34N2/c1-5-19(11-15-7-6-8-15)12-16-14(3)9-13(2)10-17(16)18-4/h13-18H,5-12H2,1-4H3. The van der Waals surface area contributed by atoms with Crippen LogP contribution in [0.3, 0.4) is 0 Å². The van der Waals surface area contributed by atoms with Crippen LogP contribution in [0, 0.1) is 23.7 Å². The minimum absolute atomic E-state index is 0.731. The lowest BCUT2D eigenvalue weighted by Gasteiger charge is -2.43. The highest BCUT2D eigenvalue weighted by Crippen LogP contribution is 2.35. The average Bonchev–Trinajstić information content (AvgIpc) is 2.33. The van der Waals surface area contributed by atoms with Gasteiger partial charge in [-0.05, 0) is 62.9 Å². The molecule has 1 N–H and O–H groups in total. The summed E-state index contributed by atoms with van der Waals surface area (Å²) in [6.07, 6.45) is 7.21. The molecule has 0 spiro atoms. The highest BCUT2D eigenvalue weighted by atomic mass is 15.1. The summed E-state index contributed by atoms with van der Waals surface area (Å²) in [5.74, 6) is 3.62. The zero-order chi connectivity index (χ0) is 13.8. The predicted octanol–water partition coefficient (Wildman–Crippen LogP) is 3.38. The van der Waals surface area contributed by atoms with Gasteiger partial charge in [0.1, 0.15) is 0 Å². The molecule has 2 saturated carbocycles. The molecule has 0 heterocycles. The van der Waals surface area contributed by atoms with Gasteiger partial charge in [-0.25, -0.2) is 0 Å². The van der Waals surface area contributed by atoms with Crippen LogP contribution in [0.5, 0.6) is 0 Å². The molecule has 2 aliphatic carbocycles. The van der Waals surface area contributed by atoms with Crippen molar-refractivity contribution >= 4 is 0 Å². The molecule has 0 bridgehead atoms. The Balaban J connectivity index is 1.89. The molecule has 0 aromatic rings. The lowest BCUT2D eigenvalue weighted by atomic mass is 9.72. The zero-order valence-corrected chi connectivity index (χ0v) is 13.5. The summed E-state index contributed by atoms with van der Waals surface area (Å²) >= 11 is 0. The average molecular weight is 266 g/mol. The molecule has 2 rings (SSSR count). The molecule has 4 atom stereocenters. The van der Waals surface area contributed by atoms with E-state index in [1.54, 1.807) is 0 Å². The second-order valence-electron chi connectivity index (χ2n) is 7.26. The SMILES string of the molecule is CCN(CC1CCC1)CC1C(C)CC(C)CC1NC. The molecule has 4 unspecified atom stereocenters. The summed E-state index contributed by atoms with van der Waals surface area (Å²) in [7, 11) is 2.16. The maximum atomic E-state index is 3.60. The highest BCUT2D eigenvalue weighted by Gasteiger charge is 2.34. The van der Waals surface area contributed by atoms with Crippen molar-refractivity contribution < 1.29 is 0 Å². The van der Waals surface area contributed by atoms with Crippen LogP contribution in [0.4, 0.5) is 0 Å². The van der Waals surface area contributed by atoms with Gasteiger partial charge in [0.15, 0.2) is 0 Å². The topological polar surface area (TPSA) is 15.3 Å². The number of hydrogen-bond acceptors (Lipinski definition) is 2. The minimum atomic E-state index is 0.731. The minimum Gasteiger partial charge on any atom is -0.317 e. The molecule has 0 radical (unpaired) electrons. The van der Waals surface area contributed by atoms with Crippen LogP contribution < -0.4 is 5.32 Å². The third-order valence-corrected chi connectivity index (χ3v) is 5.71. The van der Waals surface area contributed by atoms with Crippen molar-refractivity contribution in [1.29, 1.82) is 0 Å². The summed E-state index contributed by atoms with van der Waals surface area (Å²) in [6.45, 7) is 11.1. The molecule has 2 fully saturated rings. The van der Waals surface area contributed by atoms with E-state index >= 15 is 0 Å². The van der Waals surface area contributed by atoms with Crippen LogP contribution in [0.25, 0.3) is 0 Å². The maximum absolute atomic E-state index is 3.60. The lowest BCUT2D eigenvalue weighted by molar-refractivity contribution is 0.0890. The first kappa shape index (κ1) is 15.3. The monoisotopic (exact) mass is 266 g/mol. The van der Waals surface area contributed by atoms with E-state index < -0.39 is 0 Å². The van der Waals surface area contributed by atoms with E-state index in [9.17, 15) is 0 Å². The molecule has 19 heavy (non-hydrogen) atoms. The Morgan fingerprint density at radius 2 is 1.84 bits per heavy atom. The third kappa shape index (κ3) is 3.95. The fourth-order valence-corrected chi connectivity index (χ4v) is 4.22. The van der Waals surface area contributed by atoms with Gasteiger partial charge in [0.25, 0.3) is 0 Å². The maximum Gasteiger partial charge on any atom is 0.0110 e. The van der Waals surface area contributed by atoms with Crippen molar-refractivity contribution in [3.63, 3.8) is 0 Å². The predicted molar refractivity (Wildman–Crippen MR) is 83.4 cm³/mol. The Morgan fingerprint density at radius 1 is 1.11 bits per heavy atom. The van der Waals surface area contributed by atoms with Crippen LogP contribution in [0.15, 0.2) is 0 Å². The number of nitrogens with zero attached hydrogens (tertiary/aromatic N) is 1. The Hall–Kier alpha value is -0.0800. The molecular weight excluding hydrogens is 232 g/mol. The zero-order valence-electron chi connectivity index (χ0n) is 13.5. The normalized spacial score (nSPS) is 36.5. The highest BCUT2D eigenvalue weighted by molar-refractivity contribution is 4.89. The van der Waals surface area contributed by atoms with Crippen molar-refractivity contribution in [2.24, 2.45) is 23.7 Å². The Kier molecular flexibility index (Phi) is 5.70. The Labute approximate surface area is 120 Å². The first-order valence-corrected chi connectivity index (χ1v) is 8.53. The van der Waals surface area contributed by atoms with Gasteiger partial charge < -0.3 is 10.2 Å². The summed E-state index contributed by atoms with van der Waals surface area (Å²) in [5, 5.41) is 3.60. The van der Waals surface area contributed by atoms with E-state index in [1.807, 2.05) is 0 Å². The van der Waals surface area contributed by atoms with Crippen LogP contribution in [0.2, 0.25) is 0 Å². The summed E-state index contributed by atoms with van der Waals surface area (Å²) in [5.41, 5.74) is 0. The molecule has 0 aliphatic heterocycles. The molecule has 0 saturated heterocycles. The van der Waals surface area contributed by atoms with Gasteiger partial charge in [0, 0.05) is 19.1 Å². The lowest BCUT2D eigenvalue weighted by Crippen LogP contribution is -2.49. The molecule has 2 nitrogen and oxygen atoms in total. The van der Waals surface area contributed by atoms with E-state index in [-0.39, 0.29) is 0 Å². The molecule has 0 aromatic heterocycles. The van der Waals surface area contributed by atoms with Crippen molar-refractivity contribution in [2.45, 2.75) is 58.9 Å². The van der Waals surface area contributed by atoms with Crippen LogP contribution in [-0.2, 0) is 0 Å². The first-order chi connectivity index (χ1) is 9.13. The fraction of sp³-hybridized carbons (Fsp3) is 1.00. The van der Waals surface area contributed by atoms with Gasteiger partial charge in [0.2, 0.25) is 0 Å². The van der Waals surface area contributed by atoms with E-state index in [0.717, 1.165) is 29.7 Å². The quantitative estimate of drug-likeness (QED) is 0.793. The van der Waals surface area contributed by atoms with E-state index in [4.69, 9.17) is 0 Å². The van der Waals surface area contributed by atoms with Crippen molar-refractivity contribution in [3.8, 4) is 0 Å². The van der Waals surface area contributed by atoms with Crippen molar-refractivity contribution in [3.05, 3.63) is 0 Å². The number of hydrogen-bond donors (Lipinski definition) is 1. The van der Waals surface area contributed by atoms with E-state index in [2.05, 4.69) is 38.0 Å². The van der Waals surface area contributed by atoms with Crippen molar-refractivity contribution in [2.75, 3.05) is 26.7 Å². The van der Waals surface area contributed by atoms with Gasteiger partial charge in [-0.15, -0.1) is 0 Å². The van der Waals surface area contributed by atoms with E-state index in [1.165, 1.54) is 51.7 Å². The first-order valence-electron chi connectivity index (χ1n) is 8.53.